The normalized spacial score (nSPS) is 10.5. The molecule has 3 nitrogen and oxygen atoms in total. The highest BCUT2D eigenvalue weighted by Crippen LogP contribution is 2.24. The van der Waals surface area contributed by atoms with Crippen molar-refractivity contribution in [2.24, 2.45) is 0 Å². The van der Waals surface area contributed by atoms with Crippen molar-refractivity contribution in [3.05, 3.63) is 33.9 Å². The van der Waals surface area contributed by atoms with E-state index in [0.717, 1.165) is 21.7 Å². The first-order valence-corrected chi connectivity index (χ1v) is 6.12. The fourth-order valence-corrected chi connectivity index (χ4v) is 2.32. The number of nitrogens with zero attached hydrogens (tertiary/aromatic N) is 2. The zero-order chi connectivity index (χ0) is 10.7. The number of pyridine rings is 1. The molecule has 1 N–H and O–H groups in total. The molecule has 2 aromatic heterocycles. The highest BCUT2D eigenvalue weighted by atomic mass is 79.9. The third-order valence-electron chi connectivity index (χ3n) is 1.85. The van der Waals surface area contributed by atoms with E-state index in [1.54, 1.807) is 17.5 Å². The van der Waals surface area contributed by atoms with Gasteiger partial charge in [-0.1, -0.05) is 0 Å². The molecular weight excluding hydrogens is 274 g/mol. The maximum absolute atomic E-state index is 4.34. The molecule has 78 valence electrons. The molecule has 0 radical (unpaired) electrons. The number of halogens is 1. The molecule has 0 aromatic carbocycles. The second kappa shape index (κ2) is 4.83. The molecule has 2 heterocycles. The minimum atomic E-state index is 0.855. The van der Waals surface area contributed by atoms with Gasteiger partial charge < -0.3 is 5.32 Å². The van der Waals surface area contributed by atoms with Gasteiger partial charge in [0, 0.05) is 28.3 Å². The summed E-state index contributed by atoms with van der Waals surface area (Å²) in [6.45, 7) is 0.855. The topological polar surface area (TPSA) is 37.8 Å². The summed E-state index contributed by atoms with van der Waals surface area (Å²) < 4.78 is 0.984. The van der Waals surface area contributed by atoms with Gasteiger partial charge >= 0.3 is 0 Å². The fourth-order valence-electron chi connectivity index (χ4n) is 1.18. The molecule has 0 atom stereocenters. The van der Waals surface area contributed by atoms with Crippen LogP contribution in [0, 0.1) is 0 Å². The van der Waals surface area contributed by atoms with Crippen LogP contribution in [0.1, 0.15) is 4.88 Å². The molecule has 0 aliphatic carbocycles. The minimum Gasteiger partial charge on any atom is -0.315 e. The molecule has 0 bridgehead atoms. The number of rotatable bonds is 3. The van der Waals surface area contributed by atoms with Gasteiger partial charge in [-0.15, -0.1) is 11.3 Å². The van der Waals surface area contributed by atoms with Gasteiger partial charge in [0.1, 0.15) is 5.01 Å². The summed E-state index contributed by atoms with van der Waals surface area (Å²) in [4.78, 5) is 9.86. The molecule has 2 aromatic rings. The first-order valence-electron chi connectivity index (χ1n) is 4.51. The van der Waals surface area contributed by atoms with Crippen LogP contribution in [0.15, 0.2) is 29.0 Å². The van der Waals surface area contributed by atoms with Gasteiger partial charge in [0.2, 0.25) is 0 Å². The molecule has 0 aliphatic heterocycles. The highest BCUT2D eigenvalue weighted by molar-refractivity contribution is 9.10. The molecule has 0 spiro atoms. The summed E-state index contributed by atoms with van der Waals surface area (Å²) in [5, 5.41) is 4.07. The van der Waals surface area contributed by atoms with Gasteiger partial charge in [-0.05, 0) is 35.1 Å². The lowest BCUT2D eigenvalue weighted by molar-refractivity contribution is 0.829. The molecule has 0 saturated carbocycles. The zero-order valence-corrected chi connectivity index (χ0v) is 10.6. The number of thiazole rings is 1. The third-order valence-corrected chi connectivity index (χ3v) is 3.34. The number of hydrogen-bond donors (Lipinski definition) is 1. The quantitative estimate of drug-likeness (QED) is 0.941. The first-order chi connectivity index (χ1) is 7.29. The van der Waals surface area contributed by atoms with Crippen LogP contribution in [0.25, 0.3) is 10.7 Å². The Balaban J connectivity index is 2.25. The molecule has 0 aliphatic rings. The minimum absolute atomic E-state index is 0.855. The smallest absolute Gasteiger partial charge is 0.142 e. The van der Waals surface area contributed by atoms with Crippen molar-refractivity contribution in [3.63, 3.8) is 0 Å². The van der Waals surface area contributed by atoms with Crippen LogP contribution in [0.3, 0.4) is 0 Å². The lowest BCUT2D eigenvalue weighted by atomic mass is 10.4. The number of nitrogens with one attached hydrogen (secondary N) is 1. The molecular formula is C10H10BrN3S. The number of hydrogen-bond acceptors (Lipinski definition) is 4. The summed E-state index contributed by atoms with van der Waals surface area (Å²) in [6, 6.07) is 3.94. The van der Waals surface area contributed by atoms with E-state index in [2.05, 4.69) is 31.2 Å². The van der Waals surface area contributed by atoms with Crippen molar-refractivity contribution in [3.8, 4) is 10.7 Å². The van der Waals surface area contributed by atoms with E-state index < -0.39 is 0 Å². The van der Waals surface area contributed by atoms with E-state index in [9.17, 15) is 0 Å². The molecule has 15 heavy (non-hydrogen) atoms. The molecule has 0 fully saturated rings. The van der Waals surface area contributed by atoms with E-state index in [0.29, 0.717) is 0 Å². The summed E-state index contributed by atoms with van der Waals surface area (Å²) >= 11 is 5.02. The van der Waals surface area contributed by atoms with Gasteiger partial charge in [0.05, 0.1) is 5.69 Å². The van der Waals surface area contributed by atoms with Gasteiger partial charge in [0.25, 0.3) is 0 Å². The Labute approximate surface area is 101 Å². The van der Waals surface area contributed by atoms with Crippen LogP contribution in [-0.4, -0.2) is 17.0 Å². The SMILES string of the molecule is CNCc1cnc(-c2ccc(Br)cn2)s1. The maximum Gasteiger partial charge on any atom is 0.142 e. The van der Waals surface area contributed by atoms with E-state index in [-0.39, 0.29) is 0 Å². The van der Waals surface area contributed by atoms with Crippen molar-refractivity contribution in [2.45, 2.75) is 6.54 Å². The predicted octanol–water partition coefficient (Wildman–Crippen LogP) is 2.69. The Kier molecular flexibility index (Phi) is 3.45. The Morgan fingerprint density at radius 2 is 2.20 bits per heavy atom. The van der Waals surface area contributed by atoms with Crippen LogP contribution in [0.5, 0.6) is 0 Å². The van der Waals surface area contributed by atoms with Crippen LogP contribution in [-0.2, 0) is 6.54 Å². The predicted molar refractivity (Wildman–Crippen MR) is 65.8 cm³/mol. The monoisotopic (exact) mass is 283 g/mol. The van der Waals surface area contributed by atoms with Crippen LogP contribution in [0.2, 0.25) is 0 Å². The van der Waals surface area contributed by atoms with Crippen molar-refractivity contribution < 1.29 is 0 Å². The van der Waals surface area contributed by atoms with Crippen LogP contribution < -0.4 is 5.32 Å². The van der Waals surface area contributed by atoms with E-state index in [1.165, 1.54) is 4.88 Å². The summed E-state index contributed by atoms with van der Waals surface area (Å²) in [7, 11) is 1.93. The van der Waals surface area contributed by atoms with Gasteiger partial charge in [-0.3, -0.25) is 4.98 Å². The van der Waals surface area contributed by atoms with E-state index >= 15 is 0 Å². The fraction of sp³-hybridized carbons (Fsp3) is 0.200. The molecule has 2 rings (SSSR count). The van der Waals surface area contributed by atoms with Crippen molar-refractivity contribution >= 4 is 27.3 Å². The van der Waals surface area contributed by atoms with Gasteiger partial charge in [0.15, 0.2) is 0 Å². The molecule has 0 saturated heterocycles. The largest absolute Gasteiger partial charge is 0.315 e. The van der Waals surface area contributed by atoms with Crippen molar-refractivity contribution in [1.29, 1.82) is 0 Å². The van der Waals surface area contributed by atoms with E-state index in [1.807, 2.05) is 25.4 Å². The number of aromatic nitrogens is 2. The lowest BCUT2D eigenvalue weighted by Gasteiger charge is -1.94. The second-order valence-corrected chi connectivity index (χ2v) is 5.05. The third kappa shape index (κ3) is 2.62. The average molecular weight is 284 g/mol. The maximum atomic E-state index is 4.34. The lowest BCUT2D eigenvalue weighted by Crippen LogP contribution is -2.02. The van der Waals surface area contributed by atoms with Crippen molar-refractivity contribution in [1.82, 2.24) is 15.3 Å². The Bertz CT molecular complexity index is 438. The standard InChI is InChI=1S/C10H10BrN3S/c1-12-5-8-6-14-10(15-8)9-3-2-7(11)4-13-9/h2-4,6,12H,5H2,1H3. The molecule has 0 amide bonds. The second-order valence-electron chi connectivity index (χ2n) is 3.02. The first kappa shape index (κ1) is 10.7. The van der Waals surface area contributed by atoms with Crippen LogP contribution >= 0.6 is 27.3 Å². The summed E-state index contributed by atoms with van der Waals surface area (Å²) in [5.41, 5.74) is 0.922. The Morgan fingerprint density at radius 1 is 1.33 bits per heavy atom. The van der Waals surface area contributed by atoms with Gasteiger partial charge in [-0.25, -0.2) is 4.98 Å². The zero-order valence-electron chi connectivity index (χ0n) is 8.20. The summed E-state index contributed by atoms with van der Waals surface area (Å²) in [5.74, 6) is 0. The van der Waals surface area contributed by atoms with E-state index in [4.69, 9.17) is 0 Å². The Morgan fingerprint density at radius 3 is 2.87 bits per heavy atom. The highest BCUT2D eigenvalue weighted by Gasteiger charge is 2.04. The average Bonchev–Trinajstić information content (AvgIpc) is 2.68. The van der Waals surface area contributed by atoms with Crippen molar-refractivity contribution in [2.75, 3.05) is 7.05 Å². The van der Waals surface area contributed by atoms with Crippen LogP contribution in [0.4, 0.5) is 0 Å². The molecule has 0 unspecified atom stereocenters. The Hall–Kier alpha value is -0.780. The summed E-state index contributed by atoms with van der Waals surface area (Å²) in [6.07, 6.45) is 3.68. The van der Waals surface area contributed by atoms with Gasteiger partial charge in [-0.2, -0.15) is 0 Å². The molecule has 5 heteroatoms.